The summed E-state index contributed by atoms with van der Waals surface area (Å²) in [4.78, 5) is 12.0. The molecule has 30 heavy (non-hydrogen) atoms. The molecule has 4 aliphatic carbocycles. The van der Waals surface area contributed by atoms with E-state index in [2.05, 4.69) is 22.6 Å². The minimum Gasteiger partial charge on any atom is -0.461 e. The molecule has 4 bridgehead atoms. The minimum atomic E-state index is -5.91. The summed E-state index contributed by atoms with van der Waals surface area (Å²) in [6.45, 7) is 0.372. The fraction of sp³-hybridized carbons (Fsp3) is 0.632. The van der Waals surface area contributed by atoms with Crippen LogP contribution in [0.2, 0.25) is 0 Å². The Morgan fingerprint density at radius 2 is 1.90 bits per heavy atom. The molecule has 0 radical (unpaired) electrons. The highest BCUT2D eigenvalue weighted by Gasteiger charge is 2.68. The summed E-state index contributed by atoms with van der Waals surface area (Å²) in [6, 6.07) is 5.82. The van der Waals surface area contributed by atoms with Crippen LogP contribution in [-0.2, 0) is 31.0 Å². The van der Waals surface area contributed by atoms with Crippen LogP contribution in [0.5, 0.6) is 5.75 Å². The van der Waals surface area contributed by atoms with Gasteiger partial charge in [-0.2, -0.15) is 17.2 Å². The number of fused-ring (bicyclic) bond motifs is 1. The van der Waals surface area contributed by atoms with Crippen molar-refractivity contribution >= 4 is 38.7 Å². The molecule has 1 spiro atoms. The van der Waals surface area contributed by atoms with Gasteiger partial charge in [-0.25, -0.2) is 4.79 Å². The summed E-state index contributed by atoms with van der Waals surface area (Å²) >= 11 is 2.21. The molecule has 2 unspecified atom stereocenters. The van der Waals surface area contributed by atoms with Gasteiger partial charge in [0, 0.05) is 21.0 Å². The zero-order valence-corrected chi connectivity index (χ0v) is 18.6. The molecule has 11 heteroatoms. The zero-order valence-electron chi connectivity index (χ0n) is 15.6. The van der Waals surface area contributed by atoms with Crippen LogP contribution in [0.4, 0.5) is 8.78 Å². The summed E-state index contributed by atoms with van der Waals surface area (Å²) in [5.41, 5.74) is -0.262. The van der Waals surface area contributed by atoms with Crippen molar-refractivity contribution in [2.45, 2.75) is 55.4 Å². The largest absolute Gasteiger partial charge is 0.465 e. The lowest BCUT2D eigenvalue weighted by molar-refractivity contribution is -0.337. The van der Waals surface area contributed by atoms with E-state index in [4.69, 9.17) is 18.8 Å². The maximum atomic E-state index is 13.8. The maximum Gasteiger partial charge on any atom is 0.465 e. The van der Waals surface area contributed by atoms with Crippen molar-refractivity contribution < 1.29 is 40.8 Å². The maximum absolute atomic E-state index is 13.8. The Hall–Kier alpha value is -1.05. The monoisotopic (exact) mass is 556 g/mol. The van der Waals surface area contributed by atoms with E-state index in [1.807, 2.05) is 18.2 Å². The number of halogens is 3. The Morgan fingerprint density at radius 3 is 2.53 bits per heavy atom. The van der Waals surface area contributed by atoms with Crippen molar-refractivity contribution in [3.8, 4) is 5.75 Å². The van der Waals surface area contributed by atoms with Gasteiger partial charge in [-0.1, -0.05) is 0 Å². The predicted octanol–water partition coefficient (Wildman–Crippen LogP) is 3.50. The smallest absolute Gasteiger partial charge is 0.461 e. The van der Waals surface area contributed by atoms with Gasteiger partial charge in [-0.15, -0.1) is 0 Å². The molecule has 0 aromatic heterocycles. The Bertz CT molecular complexity index is 1010. The normalized spacial score (nSPS) is 37.0. The Labute approximate surface area is 185 Å². The lowest BCUT2D eigenvalue weighted by Crippen LogP contribution is -2.68. The van der Waals surface area contributed by atoms with Gasteiger partial charge in [0.2, 0.25) is 5.79 Å². The van der Waals surface area contributed by atoms with Crippen molar-refractivity contribution in [1.82, 2.24) is 0 Å². The molecule has 6 rings (SSSR count). The molecule has 0 saturated heterocycles. The van der Waals surface area contributed by atoms with Gasteiger partial charge in [-0.05, 0) is 78.8 Å². The van der Waals surface area contributed by atoms with Crippen LogP contribution < -0.4 is 4.74 Å². The Balaban J connectivity index is 1.42. The summed E-state index contributed by atoms with van der Waals surface area (Å²) in [7, 11) is -5.91. The molecule has 164 valence electrons. The van der Waals surface area contributed by atoms with E-state index in [1.165, 1.54) is 0 Å². The fourth-order valence-corrected chi connectivity index (χ4v) is 6.70. The van der Waals surface area contributed by atoms with Gasteiger partial charge in [0.05, 0.1) is 6.61 Å². The standard InChI is InChI=1S/C19H19F2IO7S/c20-19(21,30(24,25)26)16(23)29-17-6-10-3-12(7-17)18(13(4-10)8-17)27-9-11-5-14(22)1-2-15(11)28-18/h1-2,5,10,12-13H,3-4,6-9H2,(H,24,25,26). The molecule has 1 aromatic rings. The van der Waals surface area contributed by atoms with Crippen molar-refractivity contribution in [2.24, 2.45) is 17.8 Å². The number of benzene rings is 1. The van der Waals surface area contributed by atoms with E-state index in [0.717, 1.165) is 27.7 Å². The van der Waals surface area contributed by atoms with Crippen LogP contribution in [0.25, 0.3) is 0 Å². The highest BCUT2D eigenvalue weighted by atomic mass is 127. The summed E-state index contributed by atoms with van der Waals surface area (Å²) < 4.78 is 77.0. The third kappa shape index (κ3) is 2.99. The number of hydrogen-bond acceptors (Lipinski definition) is 6. The number of alkyl halides is 2. The van der Waals surface area contributed by atoms with E-state index in [-0.39, 0.29) is 30.6 Å². The van der Waals surface area contributed by atoms with Gasteiger partial charge < -0.3 is 14.2 Å². The van der Waals surface area contributed by atoms with Gasteiger partial charge in [0.25, 0.3) is 0 Å². The van der Waals surface area contributed by atoms with Crippen LogP contribution in [0, 0.1) is 21.3 Å². The second-order valence-electron chi connectivity index (χ2n) is 8.77. The second-order valence-corrected chi connectivity index (χ2v) is 11.5. The van der Waals surface area contributed by atoms with E-state index in [9.17, 15) is 22.0 Å². The molecular weight excluding hydrogens is 537 g/mol. The molecular formula is C19H19F2IO7S. The van der Waals surface area contributed by atoms with Crippen molar-refractivity contribution in [1.29, 1.82) is 0 Å². The van der Waals surface area contributed by atoms with E-state index in [0.29, 0.717) is 13.0 Å². The highest BCUT2D eigenvalue weighted by molar-refractivity contribution is 14.1. The molecule has 4 fully saturated rings. The lowest BCUT2D eigenvalue weighted by Gasteiger charge is -2.63. The first kappa shape index (κ1) is 20.8. The lowest BCUT2D eigenvalue weighted by atomic mass is 9.51. The topological polar surface area (TPSA) is 99.1 Å². The van der Waals surface area contributed by atoms with E-state index >= 15 is 0 Å². The van der Waals surface area contributed by atoms with Crippen molar-refractivity contribution in [3.63, 3.8) is 0 Å². The number of carbonyl (C=O) groups excluding carboxylic acids is 1. The summed E-state index contributed by atoms with van der Waals surface area (Å²) in [6.07, 6.45) is 2.38. The predicted molar refractivity (Wildman–Crippen MR) is 106 cm³/mol. The summed E-state index contributed by atoms with van der Waals surface area (Å²) in [5, 5.41) is -5.00. The molecule has 4 saturated carbocycles. The van der Waals surface area contributed by atoms with Crippen LogP contribution >= 0.6 is 22.6 Å². The summed E-state index contributed by atoms with van der Waals surface area (Å²) in [5.74, 6) is -2.61. The second kappa shape index (κ2) is 6.48. The molecule has 7 nitrogen and oxygen atoms in total. The third-order valence-electron chi connectivity index (χ3n) is 6.89. The number of hydrogen-bond donors (Lipinski definition) is 1. The average Bonchev–Trinajstić information content (AvgIpc) is 2.64. The SMILES string of the molecule is O=C(OC12CC3CC(C1)C1(OCc4cc(I)ccc4O1)C(C3)C2)C(F)(F)S(=O)(=O)O. The van der Waals surface area contributed by atoms with E-state index < -0.39 is 32.7 Å². The van der Waals surface area contributed by atoms with E-state index in [1.54, 1.807) is 0 Å². The molecule has 1 N–H and O–H groups in total. The average molecular weight is 556 g/mol. The van der Waals surface area contributed by atoms with Gasteiger partial charge in [0.1, 0.15) is 11.4 Å². The molecule has 1 aromatic carbocycles. The van der Waals surface area contributed by atoms with Crippen molar-refractivity contribution in [2.75, 3.05) is 0 Å². The van der Waals surface area contributed by atoms with Gasteiger partial charge in [-0.3, -0.25) is 4.55 Å². The van der Waals surface area contributed by atoms with Crippen molar-refractivity contribution in [3.05, 3.63) is 27.3 Å². The first-order valence-electron chi connectivity index (χ1n) is 9.64. The molecule has 0 amide bonds. The number of ether oxygens (including phenoxy) is 3. The minimum absolute atomic E-state index is 0.144. The third-order valence-corrected chi connectivity index (χ3v) is 8.37. The van der Waals surface area contributed by atoms with Gasteiger partial charge in [0.15, 0.2) is 0 Å². The number of esters is 1. The fourth-order valence-electron chi connectivity index (χ4n) is 5.90. The van der Waals surface area contributed by atoms with Gasteiger partial charge >= 0.3 is 21.3 Å². The molecule has 1 aliphatic heterocycles. The van der Waals surface area contributed by atoms with Crippen LogP contribution in [0.15, 0.2) is 18.2 Å². The Morgan fingerprint density at radius 1 is 1.23 bits per heavy atom. The first-order chi connectivity index (χ1) is 13.9. The number of carbonyl (C=O) groups is 1. The first-order valence-corrected chi connectivity index (χ1v) is 12.2. The molecule has 2 atom stereocenters. The van der Waals surface area contributed by atoms with Crippen LogP contribution in [-0.4, -0.2) is 35.6 Å². The Kier molecular flexibility index (Phi) is 4.50. The highest BCUT2D eigenvalue weighted by Crippen LogP contribution is 2.63. The zero-order chi connectivity index (χ0) is 21.5. The molecule has 5 aliphatic rings. The van der Waals surface area contributed by atoms with Crippen LogP contribution in [0.3, 0.4) is 0 Å². The quantitative estimate of drug-likeness (QED) is 0.346. The van der Waals surface area contributed by atoms with Crippen LogP contribution in [0.1, 0.15) is 37.7 Å². The number of rotatable bonds is 3. The molecule has 1 heterocycles.